The van der Waals surface area contributed by atoms with Crippen molar-refractivity contribution in [2.75, 3.05) is 27.2 Å². The Morgan fingerprint density at radius 1 is 1.21 bits per heavy atom. The number of ether oxygens (including phenoxy) is 1. The molecule has 3 nitrogen and oxygen atoms in total. The van der Waals surface area contributed by atoms with E-state index in [2.05, 4.69) is 50.2 Å². The number of rotatable bonds is 8. The number of hydrogen-bond donors (Lipinski definition) is 1. The maximum atomic E-state index is 5.39. The summed E-state index contributed by atoms with van der Waals surface area (Å²) in [4.78, 5) is 2.37. The number of hydrogen-bond acceptors (Lipinski definition) is 3. The first kappa shape index (κ1) is 16.0. The monoisotopic (exact) mass is 264 g/mol. The van der Waals surface area contributed by atoms with E-state index >= 15 is 0 Å². The first-order valence-corrected chi connectivity index (χ1v) is 7.12. The summed E-state index contributed by atoms with van der Waals surface area (Å²) in [6.07, 6.45) is 1.16. The second-order valence-electron chi connectivity index (χ2n) is 5.35. The van der Waals surface area contributed by atoms with Crippen LogP contribution >= 0.6 is 0 Å². The van der Waals surface area contributed by atoms with E-state index in [4.69, 9.17) is 4.74 Å². The van der Waals surface area contributed by atoms with Crippen molar-refractivity contribution >= 4 is 0 Å². The van der Waals surface area contributed by atoms with E-state index in [1.165, 1.54) is 5.56 Å². The zero-order chi connectivity index (χ0) is 14.3. The average molecular weight is 264 g/mol. The summed E-state index contributed by atoms with van der Waals surface area (Å²) in [6.45, 7) is 8.79. The number of nitrogens with zero attached hydrogens (tertiary/aromatic N) is 1. The Hall–Kier alpha value is -1.06. The third kappa shape index (κ3) is 5.21. The van der Waals surface area contributed by atoms with Crippen molar-refractivity contribution in [3.63, 3.8) is 0 Å². The molecule has 3 heteroatoms. The number of nitrogens with one attached hydrogen (secondary N) is 1. The SMILES string of the molecule is COc1ccccc1C(C)NCCCN(C)C(C)C. The van der Waals surface area contributed by atoms with Crippen molar-refractivity contribution in [3.8, 4) is 5.75 Å². The van der Waals surface area contributed by atoms with Gasteiger partial charge in [-0.3, -0.25) is 0 Å². The van der Waals surface area contributed by atoms with E-state index in [0.717, 1.165) is 25.3 Å². The second kappa shape index (κ2) is 8.18. The van der Waals surface area contributed by atoms with Crippen LogP contribution in [0.4, 0.5) is 0 Å². The minimum Gasteiger partial charge on any atom is -0.496 e. The highest BCUT2D eigenvalue weighted by Gasteiger charge is 2.10. The fraction of sp³-hybridized carbons (Fsp3) is 0.625. The van der Waals surface area contributed by atoms with Gasteiger partial charge in [-0.15, -0.1) is 0 Å². The standard InChI is InChI=1S/C16H28N2O/c1-13(2)18(4)12-8-11-17-14(3)15-9-6-7-10-16(15)19-5/h6-7,9-10,13-14,17H,8,11-12H2,1-5H3. The molecule has 0 spiro atoms. The number of para-hydroxylation sites is 1. The zero-order valence-electron chi connectivity index (χ0n) is 12.9. The Kier molecular flexibility index (Phi) is 6.89. The summed E-state index contributed by atoms with van der Waals surface area (Å²) in [5.41, 5.74) is 1.22. The molecule has 0 radical (unpaired) electrons. The fourth-order valence-corrected chi connectivity index (χ4v) is 2.04. The van der Waals surface area contributed by atoms with Crippen molar-refractivity contribution in [2.24, 2.45) is 0 Å². The van der Waals surface area contributed by atoms with E-state index in [1.807, 2.05) is 12.1 Å². The molecule has 0 aliphatic heterocycles. The lowest BCUT2D eigenvalue weighted by Crippen LogP contribution is -2.30. The van der Waals surface area contributed by atoms with Gasteiger partial charge in [0.25, 0.3) is 0 Å². The maximum absolute atomic E-state index is 5.39. The van der Waals surface area contributed by atoms with Crippen LogP contribution in [0.1, 0.15) is 38.8 Å². The van der Waals surface area contributed by atoms with Gasteiger partial charge in [0, 0.05) is 17.6 Å². The summed E-state index contributed by atoms with van der Waals surface area (Å²) in [6, 6.07) is 9.14. The summed E-state index contributed by atoms with van der Waals surface area (Å²) in [5, 5.41) is 3.56. The van der Waals surface area contributed by atoms with Gasteiger partial charge in [-0.1, -0.05) is 18.2 Å². The van der Waals surface area contributed by atoms with Gasteiger partial charge in [0.15, 0.2) is 0 Å². The molecule has 19 heavy (non-hydrogen) atoms. The van der Waals surface area contributed by atoms with Crippen LogP contribution in [0.25, 0.3) is 0 Å². The van der Waals surface area contributed by atoms with Crippen molar-refractivity contribution in [2.45, 2.75) is 39.3 Å². The Balaban J connectivity index is 2.37. The molecule has 0 aliphatic rings. The Morgan fingerprint density at radius 3 is 2.53 bits per heavy atom. The third-order valence-electron chi connectivity index (χ3n) is 3.63. The molecule has 1 unspecified atom stereocenters. The maximum Gasteiger partial charge on any atom is 0.123 e. The quantitative estimate of drug-likeness (QED) is 0.730. The Bertz CT molecular complexity index is 366. The molecule has 1 aromatic rings. The van der Waals surface area contributed by atoms with Gasteiger partial charge in [0.05, 0.1) is 7.11 Å². The average Bonchev–Trinajstić information content (AvgIpc) is 2.42. The van der Waals surface area contributed by atoms with Gasteiger partial charge in [0.1, 0.15) is 5.75 Å². The molecule has 1 rings (SSSR count). The van der Waals surface area contributed by atoms with Crippen LogP contribution in [0.3, 0.4) is 0 Å². The third-order valence-corrected chi connectivity index (χ3v) is 3.63. The van der Waals surface area contributed by atoms with Crippen LogP contribution in [0, 0.1) is 0 Å². The summed E-state index contributed by atoms with van der Waals surface area (Å²) < 4.78 is 5.39. The molecule has 1 N–H and O–H groups in total. The topological polar surface area (TPSA) is 24.5 Å². The van der Waals surface area contributed by atoms with E-state index in [-0.39, 0.29) is 0 Å². The predicted molar refractivity (Wildman–Crippen MR) is 81.8 cm³/mol. The molecular formula is C16H28N2O. The van der Waals surface area contributed by atoms with E-state index < -0.39 is 0 Å². The molecule has 0 fully saturated rings. The van der Waals surface area contributed by atoms with E-state index in [1.54, 1.807) is 7.11 Å². The van der Waals surface area contributed by atoms with Gasteiger partial charge in [-0.25, -0.2) is 0 Å². The highest BCUT2D eigenvalue weighted by Crippen LogP contribution is 2.24. The molecule has 1 aromatic carbocycles. The van der Waals surface area contributed by atoms with Gasteiger partial charge >= 0.3 is 0 Å². The first-order valence-electron chi connectivity index (χ1n) is 7.12. The van der Waals surface area contributed by atoms with Crippen LogP contribution in [0.15, 0.2) is 24.3 Å². The lowest BCUT2D eigenvalue weighted by atomic mass is 10.1. The smallest absolute Gasteiger partial charge is 0.123 e. The van der Waals surface area contributed by atoms with Crippen LogP contribution in [-0.4, -0.2) is 38.2 Å². The summed E-state index contributed by atoms with van der Waals surface area (Å²) in [5.74, 6) is 0.960. The molecule has 0 amide bonds. The fourth-order valence-electron chi connectivity index (χ4n) is 2.04. The molecule has 0 aromatic heterocycles. The molecule has 0 saturated carbocycles. The molecule has 0 aliphatic carbocycles. The highest BCUT2D eigenvalue weighted by atomic mass is 16.5. The van der Waals surface area contributed by atoms with E-state index in [9.17, 15) is 0 Å². The van der Waals surface area contributed by atoms with Gasteiger partial charge in [-0.2, -0.15) is 0 Å². The normalized spacial score (nSPS) is 13.0. The van der Waals surface area contributed by atoms with Crippen LogP contribution in [-0.2, 0) is 0 Å². The second-order valence-corrected chi connectivity index (χ2v) is 5.35. The van der Waals surface area contributed by atoms with Crippen molar-refractivity contribution in [1.82, 2.24) is 10.2 Å². The largest absolute Gasteiger partial charge is 0.496 e. The first-order chi connectivity index (χ1) is 9.06. The molecule has 108 valence electrons. The lowest BCUT2D eigenvalue weighted by Gasteiger charge is -2.22. The van der Waals surface area contributed by atoms with Crippen molar-refractivity contribution < 1.29 is 4.74 Å². The molecule has 0 bridgehead atoms. The summed E-state index contributed by atoms with van der Waals surface area (Å²) in [7, 11) is 3.90. The van der Waals surface area contributed by atoms with Gasteiger partial charge in [0.2, 0.25) is 0 Å². The molecular weight excluding hydrogens is 236 g/mol. The van der Waals surface area contributed by atoms with Crippen LogP contribution in [0.2, 0.25) is 0 Å². The van der Waals surface area contributed by atoms with Crippen molar-refractivity contribution in [3.05, 3.63) is 29.8 Å². The number of benzene rings is 1. The minimum atomic E-state index is 0.320. The predicted octanol–water partition coefficient (Wildman–Crippen LogP) is 3.08. The van der Waals surface area contributed by atoms with Crippen LogP contribution < -0.4 is 10.1 Å². The Morgan fingerprint density at radius 2 is 1.89 bits per heavy atom. The zero-order valence-corrected chi connectivity index (χ0v) is 12.9. The van der Waals surface area contributed by atoms with E-state index in [0.29, 0.717) is 12.1 Å². The minimum absolute atomic E-state index is 0.320. The number of methoxy groups -OCH3 is 1. The molecule has 0 saturated heterocycles. The lowest BCUT2D eigenvalue weighted by molar-refractivity contribution is 0.268. The Labute approximate surface area is 118 Å². The van der Waals surface area contributed by atoms with Gasteiger partial charge < -0.3 is 15.0 Å². The summed E-state index contributed by atoms with van der Waals surface area (Å²) >= 11 is 0. The molecule has 0 heterocycles. The molecule has 1 atom stereocenters. The van der Waals surface area contributed by atoms with Crippen molar-refractivity contribution in [1.29, 1.82) is 0 Å². The highest BCUT2D eigenvalue weighted by molar-refractivity contribution is 5.35. The van der Waals surface area contributed by atoms with Gasteiger partial charge in [-0.05, 0) is 53.4 Å². The van der Waals surface area contributed by atoms with Crippen LogP contribution in [0.5, 0.6) is 5.75 Å².